The highest BCUT2D eigenvalue weighted by atomic mass is 16.4. The molecule has 1 fully saturated rings. The smallest absolute Gasteiger partial charge is 0.337 e. The maximum atomic E-state index is 12.0. The average Bonchev–Trinajstić information content (AvgIpc) is 2.94. The fourth-order valence-corrected chi connectivity index (χ4v) is 2.29. The Bertz CT molecular complexity index is 575. The van der Waals surface area contributed by atoms with E-state index in [9.17, 15) is 14.4 Å². The first kappa shape index (κ1) is 14.6. The molecule has 0 radical (unpaired) electrons. The monoisotopic (exact) mass is 292 g/mol. The lowest BCUT2D eigenvalue weighted by Gasteiger charge is -2.22. The van der Waals surface area contributed by atoms with Crippen LogP contribution in [0.3, 0.4) is 0 Å². The van der Waals surface area contributed by atoms with E-state index in [1.165, 1.54) is 17.0 Å². The molecule has 0 aromatic heterocycles. The van der Waals surface area contributed by atoms with Crippen LogP contribution in [0.2, 0.25) is 0 Å². The number of nitrogens with zero attached hydrogens (tertiary/aromatic N) is 1. The summed E-state index contributed by atoms with van der Waals surface area (Å²) in [6.45, 7) is 0.444. The average molecular weight is 292 g/mol. The van der Waals surface area contributed by atoms with Crippen molar-refractivity contribution in [3.8, 4) is 0 Å². The van der Waals surface area contributed by atoms with Crippen molar-refractivity contribution in [3.05, 3.63) is 29.8 Å². The molecule has 0 aliphatic carbocycles. The third-order valence-corrected chi connectivity index (χ3v) is 3.32. The zero-order valence-electron chi connectivity index (χ0n) is 11.2. The molecule has 1 saturated heterocycles. The molecule has 21 heavy (non-hydrogen) atoms. The Balaban J connectivity index is 2.02. The van der Waals surface area contributed by atoms with Crippen molar-refractivity contribution in [1.82, 2.24) is 10.3 Å². The quantitative estimate of drug-likeness (QED) is 0.597. The fraction of sp³-hybridized carbons (Fsp3) is 0.308. The molecular weight excluding hydrogens is 276 g/mol. The number of carboxylic acid groups (broad SMARTS) is 1. The van der Waals surface area contributed by atoms with Crippen molar-refractivity contribution in [3.63, 3.8) is 0 Å². The number of rotatable bonds is 4. The lowest BCUT2D eigenvalue weighted by molar-refractivity contribution is -0.124. The number of primary amides is 1. The van der Waals surface area contributed by atoms with Crippen LogP contribution in [-0.4, -0.2) is 40.5 Å². The molecule has 8 nitrogen and oxygen atoms in total. The molecule has 5 N–H and O–H groups in total. The van der Waals surface area contributed by atoms with Gasteiger partial charge in [0, 0.05) is 6.54 Å². The molecule has 0 spiro atoms. The second kappa shape index (κ2) is 6.12. The molecule has 1 aromatic rings. The molecule has 1 unspecified atom stereocenters. The molecule has 1 atom stereocenters. The number of urea groups is 1. The number of hydrazine groups is 1. The van der Waals surface area contributed by atoms with Crippen LogP contribution in [0.15, 0.2) is 24.3 Å². The number of carbonyl (C=O) groups is 3. The van der Waals surface area contributed by atoms with Crippen molar-refractivity contribution in [2.45, 2.75) is 18.9 Å². The Morgan fingerprint density at radius 2 is 2.00 bits per heavy atom. The second-order valence-corrected chi connectivity index (χ2v) is 4.65. The van der Waals surface area contributed by atoms with Gasteiger partial charge in [-0.25, -0.2) is 9.59 Å². The van der Waals surface area contributed by atoms with E-state index < -0.39 is 23.9 Å². The Hall–Kier alpha value is -2.77. The highest BCUT2D eigenvalue weighted by Gasteiger charge is 2.32. The predicted octanol–water partition coefficient (Wildman–Crippen LogP) is 0.371. The Kier molecular flexibility index (Phi) is 4.27. The number of carboxylic acids is 1. The summed E-state index contributed by atoms with van der Waals surface area (Å²) in [6, 6.07) is 4.91. The molecule has 0 saturated carbocycles. The van der Waals surface area contributed by atoms with E-state index >= 15 is 0 Å². The number of hydrogen-bond donors (Lipinski definition) is 4. The molecular formula is C13H16N4O4. The maximum absolute atomic E-state index is 12.0. The van der Waals surface area contributed by atoms with E-state index in [4.69, 9.17) is 10.8 Å². The number of hydrogen-bond acceptors (Lipinski definition) is 4. The van der Waals surface area contributed by atoms with Crippen molar-refractivity contribution < 1.29 is 19.5 Å². The topological polar surface area (TPSA) is 125 Å². The van der Waals surface area contributed by atoms with Gasteiger partial charge < -0.3 is 15.7 Å². The summed E-state index contributed by atoms with van der Waals surface area (Å²) in [5, 5.41) is 9.04. The van der Waals surface area contributed by atoms with Gasteiger partial charge in [-0.05, 0) is 25.0 Å². The molecule has 2 rings (SSSR count). The van der Waals surface area contributed by atoms with Gasteiger partial charge in [-0.3, -0.25) is 15.6 Å². The molecule has 0 bridgehead atoms. The number of likely N-dealkylation sites (tertiary alicyclic amines) is 1. The summed E-state index contributed by atoms with van der Waals surface area (Å²) in [6.07, 6.45) is 1.23. The minimum atomic E-state index is -1.10. The number of anilines is 1. The first-order valence-corrected chi connectivity index (χ1v) is 6.45. The van der Waals surface area contributed by atoms with Gasteiger partial charge in [0.1, 0.15) is 6.04 Å². The molecule has 1 aliphatic rings. The first-order valence-electron chi connectivity index (χ1n) is 6.45. The molecule has 1 aliphatic heterocycles. The Morgan fingerprint density at radius 1 is 1.29 bits per heavy atom. The standard InChI is InChI=1S/C13H16N4O4/c14-13(21)17-7-3-6-10(17)11(18)16-15-9-5-2-1-4-8(9)12(19)20/h1-2,4-5,10,15H,3,6-7H2,(H2,14,21)(H,16,18)(H,19,20). The van der Waals surface area contributed by atoms with Crippen molar-refractivity contribution in [2.24, 2.45) is 5.73 Å². The van der Waals surface area contributed by atoms with Gasteiger partial charge in [0.05, 0.1) is 11.3 Å². The SMILES string of the molecule is NC(=O)N1CCCC1C(=O)NNc1ccccc1C(=O)O. The zero-order valence-corrected chi connectivity index (χ0v) is 11.2. The number of amides is 3. The Labute approximate surface area is 120 Å². The van der Waals surface area contributed by atoms with E-state index in [0.717, 1.165) is 0 Å². The highest BCUT2D eigenvalue weighted by molar-refractivity contribution is 5.95. The summed E-state index contributed by atoms with van der Waals surface area (Å²) in [5.41, 5.74) is 10.5. The number of aromatic carboxylic acids is 1. The number of benzene rings is 1. The normalized spacial score (nSPS) is 17.3. The number of para-hydroxylation sites is 1. The van der Waals surface area contributed by atoms with Gasteiger partial charge in [0.2, 0.25) is 0 Å². The fourth-order valence-electron chi connectivity index (χ4n) is 2.29. The minimum Gasteiger partial charge on any atom is -0.478 e. The molecule has 8 heteroatoms. The van der Waals surface area contributed by atoms with Crippen LogP contribution >= 0.6 is 0 Å². The maximum Gasteiger partial charge on any atom is 0.337 e. The van der Waals surface area contributed by atoms with Crippen LogP contribution in [-0.2, 0) is 4.79 Å². The summed E-state index contributed by atoms with van der Waals surface area (Å²) in [7, 11) is 0. The van der Waals surface area contributed by atoms with Crippen LogP contribution in [0, 0.1) is 0 Å². The van der Waals surface area contributed by atoms with E-state index in [-0.39, 0.29) is 11.3 Å². The molecule has 1 heterocycles. The van der Waals surface area contributed by atoms with Crippen LogP contribution in [0.1, 0.15) is 23.2 Å². The van der Waals surface area contributed by atoms with Gasteiger partial charge in [-0.2, -0.15) is 0 Å². The third kappa shape index (κ3) is 3.22. The highest BCUT2D eigenvalue weighted by Crippen LogP contribution is 2.17. The van der Waals surface area contributed by atoms with Gasteiger partial charge in [0.25, 0.3) is 5.91 Å². The second-order valence-electron chi connectivity index (χ2n) is 4.65. The third-order valence-electron chi connectivity index (χ3n) is 3.32. The first-order chi connectivity index (χ1) is 10.0. The van der Waals surface area contributed by atoms with Crippen LogP contribution in [0.25, 0.3) is 0 Å². The van der Waals surface area contributed by atoms with Crippen LogP contribution < -0.4 is 16.6 Å². The number of carbonyl (C=O) groups excluding carboxylic acids is 2. The lowest BCUT2D eigenvalue weighted by Crippen LogP contribution is -2.49. The van der Waals surface area contributed by atoms with E-state index in [1.807, 2.05) is 0 Å². The molecule has 3 amide bonds. The largest absolute Gasteiger partial charge is 0.478 e. The summed E-state index contributed by atoms with van der Waals surface area (Å²) in [4.78, 5) is 35.6. The minimum absolute atomic E-state index is 0.0379. The van der Waals surface area contributed by atoms with Gasteiger partial charge in [-0.15, -0.1) is 0 Å². The number of nitrogens with two attached hydrogens (primary N) is 1. The van der Waals surface area contributed by atoms with E-state index in [0.29, 0.717) is 19.4 Å². The van der Waals surface area contributed by atoms with Gasteiger partial charge >= 0.3 is 12.0 Å². The molecule has 1 aromatic carbocycles. The summed E-state index contributed by atoms with van der Waals surface area (Å²) < 4.78 is 0. The predicted molar refractivity (Wildman–Crippen MR) is 74.5 cm³/mol. The van der Waals surface area contributed by atoms with Gasteiger partial charge in [-0.1, -0.05) is 12.1 Å². The Morgan fingerprint density at radius 3 is 2.67 bits per heavy atom. The van der Waals surface area contributed by atoms with E-state index in [2.05, 4.69) is 10.9 Å². The van der Waals surface area contributed by atoms with E-state index in [1.54, 1.807) is 12.1 Å². The van der Waals surface area contributed by atoms with Crippen LogP contribution in [0.4, 0.5) is 10.5 Å². The van der Waals surface area contributed by atoms with Gasteiger partial charge in [0.15, 0.2) is 0 Å². The van der Waals surface area contributed by atoms with Crippen molar-refractivity contribution in [2.75, 3.05) is 12.0 Å². The van der Waals surface area contributed by atoms with Crippen LogP contribution in [0.5, 0.6) is 0 Å². The van der Waals surface area contributed by atoms with Crippen molar-refractivity contribution in [1.29, 1.82) is 0 Å². The molecule has 112 valence electrons. The number of nitrogens with one attached hydrogen (secondary N) is 2. The summed E-state index contributed by atoms with van der Waals surface area (Å²) in [5.74, 6) is -1.53. The summed E-state index contributed by atoms with van der Waals surface area (Å²) >= 11 is 0. The lowest BCUT2D eigenvalue weighted by atomic mass is 10.2. The van der Waals surface area contributed by atoms with Crippen molar-refractivity contribution >= 4 is 23.6 Å². The zero-order chi connectivity index (χ0) is 15.4.